The zero-order chi connectivity index (χ0) is 11.8. The molecule has 2 N–H and O–H groups in total. The third-order valence-electron chi connectivity index (χ3n) is 2.89. The minimum atomic E-state index is 0.260. The Morgan fingerprint density at radius 1 is 1.44 bits per heavy atom. The third-order valence-corrected chi connectivity index (χ3v) is 2.89. The van der Waals surface area contributed by atoms with E-state index in [-0.39, 0.29) is 6.61 Å². The SMILES string of the molecule is CCC(CCO)NC(C)CCc1ccco1. The zero-order valence-corrected chi connectivity index (χ0v) is 10.3. The van der Waals surface area contributed by atoms with E-state index in [1.165, 1.54) is 0 Å². The average molecular weight is 225 g/mol. The van der Waals surface area contributed by atoms with Gasteiger partial charge in [0.05, 0.1) is 6.26 Å². The van der Waals surface area contributed by atoms with Crippen molar-refractivity contribution in [1.82, 2.24) is 5.32 Å². The lowest BCUT2D eigenvalue weighted by Gasteiger charge is -2.21. The fourth-order valence-electron chi connectivity index (χ4n) is 1.86. The van der Waals surface area contributed by atoms with E-state index in [9.17, 15) is 0 Å². The summed E-state index contributed by atoms with van der Waals surface area (Å²) in [5.74, 6) is 1.05. The fraction of sp³-hybridized carbons (Fsp3) is 0.692. The predicted molar refractivity (Wildman–Crippen MR) is 65.4 cm³/mol. The summed E-state index contributed by atoms with van der Waals surface area (Å²) < 4.78 is 5.29. The molecular weight excluding hydrogens is 202 g/mol. The maximum atomic E-state index is 8.91. The first kappa shape index (κ1) is 13.3. The summed E-state index contributed by atoms with van der Waals surface area (Å²) in [6.45, 7) is 4.59. The van der Waals surface area contributed by atoms with Crippen molar-refractivity contribution in [2.45, 2.75) is 51.6 Å². The molecule has 0 aliphatic rings. The summed E-state index contributed by atoms with van der Waals surface area (Å²) in [6, 6.07) is 4.82. The van der Waals surface area contributed by atoms with E-state index in [1.807, 2.05) is 12.1 Å². The van der Waals surface area contributed by atoms with Gasteiger partial charge in [0.1, 0.15) is 5.76 Å². The number of hydrogen-bond donors (Lipinski definition) is 2. The quantitative estimate of drug-likeness (QED) is 0.714. The first-order chi connectivity index (χ1) is 7.76. The first-order valence-electron chi connectivity index (χ1n) is 6.15. The second kappa shape index (κ2) is 7.47. The highest BCUT2D eigenvalue weighted by atomic mass is 16.3. The Bertz CT molecular complexity index is 259. The van der Waals surface area contributed by atoms with Crippen molar-refractivity contribution in [3.8, 4) is 0 Å². The van der Waals surface area contributed by atoms with Crippen LogP contribution in [0.25, 0.3) is 0 Å². The van der Waals surface area contributed by atoms with Crippen molar-refractivity contribution in [2.75, 3.05) is 6.61 Å². The topological polar surface area (TPSA) is 45.4 Å². The summed E-state index contributed by atoms with van der Waals surface area (Å²) in [7, 11) is 0. The number of hydrogen-bond acceptors (Lipinski definition) is 3. The van der Waals surface area contributed by atoms with E-state index < -0.39 is 0 Å². The Balaban J connectivity index is 2.21. The van der Waals surface area contributed by atoms with E-state index in [1.54, 1.807) is 6.26 Å². The molecule has 3 heteroatoms. The van der Waals surface area contributed by atoms with Gasteiger partial charge in [-0.2, -0.15) is 0 Å². The molecule has 0 spiro atoms. The van der Waals surface area contributed by atoms with Gasteiger partial charge >= 0.3 is 0 Å². The van der Waals surface area contributed by atoms with Gasteiger partial charge < -0.3 is 14.8 Å². The van der Waals surface area contributed by atoms with Crippen LogP contribution in [0.3, 0.4) is 0 Å². The lowest BCUT2D eigenvalue weighted by Crippen LogP contribution is -2.37. The van der Waals surface area contributed by atoms with Gasteiger partial charge in [-0.1, -0.05) is 6.92 Å². The van der Waals surface area contributed by atoms with Crippen LogP contribution in [-0.2, 0) is 6.42 Å². The summed E-state index contributed by atoms with van der Waals surface area (Å²) in [5, 5.41) is 12.4. The van der Waals surface area contributed by atoms with Gasteiger partial charge in [-0.3, -0.25) is 0 Å². The molecule has 1 rings (SSSR count). The smallest absolute Gasteiger partial charge is 0.103 e. The number of aryl methyl sites for hydroxylation is 1. The molecular formula is C13H23NO2. The van der Waals surface area contributed by atoms with E-state index >= 15 is 0 Å². The maximum absolute atomic E-state index is 8.91. The van der Waals surface area contributed by atoms with Crippen LogP contribution in [0.5, 0.6) is 0 Å². The Labute approximate surface area is 97.9 Å². The number of rotatable bonds is 8. The fourth-order valence-corrected chi connectivity index (χ4v) is 1.86. The second-order valence-electron chi connectivity index (χ2n) is 4.30. The highest BCUT2D eigenvalue weighted by Crippen LogP contribution is 2.07. The molecule has 2 unspecified atom stereocenters. The normalized spacial score (nSPS) is 14.9. The minimum absolute atomic E-state index is 0.260. The summed E-state index contributed by atoms with van der Waals surface area (Å²) in [6.07, 6.45) is 5.65. The Morgan fingerprint density at radius 2 is 2.25 bits per heavy atom. The Kier molecular flexibility index (Phi) is 6.19. The molecule has 0 saturated carbocycles. The summed E-state index contributed by atoms with van der Waals surface area (Å²) in [4.78, 5) is 0. The van der Waals surface area contributed by atoms with Gasteiger partial charge in [-0.25, -0.2) is 0 Å². The lowest BCUT2D eigenvalue weighted by atomic mass is 10.1. The van der Waals surface area contributed by atoms with Crippen molar-refractivity contribution < 1.29 is 9.52 Å². The number of aliphatic hydroxyl groups is 1. The van der Waals surface area contributed by atoms with Gasteiger partial charge in [0.15, 0.2) is 0 Å². The zero-order valence-electron chi connectivity index (χ0n) is 10.3. The van der Waals surface area contributed by atoms with Crippen LogP contribution in [-0.4, -0.2) is 23.8 Å². The molecule has 0 aliphatic carbocycles. The Hall–Kier alpha value is -0.800. The second-order valence-corrected chi connectivity index (χ2v) is 4.30. The molecule has 0 radical (unpaired) electrons. The monoisotopic (exact) mass is 225 g/mol. The molecule has 1 aromatic rings. The van der Waals surface area contributed by atoms with E-state index in [4.69, 9.17) is 9.52 Å². The molecule has 0 amide bonds. The molecule has 2 atom stereocenters. The van der Waals surface area contributed by atoms with Crippen LogP contribution in [0.1, 0.15) is 38.9 Å². The average Bonchev–Trinajstić information content (AvgIpc) is 2.78. The largest absolute Gasteiger partial charge is 0.469 e. The molecule has 3 nitrogen and oxygen atoms in total. The van der Waals surface area contributed by atoms with Gasteiger partial charge in [-0.15, -0.1) is 0 Å². The van der Waals surface area contributed by atoms with Gasteiger partial charge in [0.25, 0.3) is 0 Å². The van der Waals surface area contributed by atoms with Crippen LogP contribution < -0.4 is 5.32 Å². The molecule has 0 aliphatic heterocycles. The molecule has 0 bridgehead atoms. The van der Waals surface area contributed by atoms with Crippen molar-refractivity contribution in [2.24, 2.45) is 0 Å². The molecule has 92 valence electrons. The predicted octanol–water partition coefficient (Wildman–Crippen LogP) is 2.35. The minimum Gasteiger partial charge on any atom is -0.469 e. The standard InChI is InChI=1S/C13H23NO2/c1-3-12(8-9-15)14-11(2)6-7-13-5-4-10-16-13/h4-5,10-12,14-15H,3,6-9H2,1-2H3. The Morgan fingerprint density at radius 3 is 2.81 bits per heavy atom. The molecule has 1 aromatic heterocycles. The van der Waals surface area contributed by atoms with Gasteiger partial charge in [0, 0.05) is 25.1 Å². The van der Waals surface area contributed by atoms with E-state index in [2.05, 4.69) is 19.2 Å². The molecule has 16 heavy (non-hydrogen) atoms. The van der Waals surface area contributed by atoms with Crippen molar-refractivity contribution >= 4 is 0 Å². The van der Waals surface area contributed by atoms with Crippen LogP contribution in [0.15, 0.2) is 22.8 Å². The first-order valence-corrected chi connectivity index (χ1v) is 6.15. The van der Waals surface area contributed by atoms with Gasteiger partial charge in [-0.05, 0) is 38.3 Å². The third kappa shape index (κ3) is 4.81. The highest BCUT2D eigenvalue weighted by molar-refractivity contribution is 4.98. The maximum Gasteiger partial charge on any atom is 0.103 e. The lowest BCUT2D eigenvalue weighted by molar-refractivity contribution is 0.255. The number of aliphatic hydroxyl groups excluding tert-OH is 1. The van der Waals surface area contributed by atoms with E-state index in [0.717, 1.165) is 31.4 Å². The van der Waals surface area contributed by atoms with E-state index in [0.29, 0.717) is 12.1 Å². The van der Waals surface area contributed by atoms with Crippen molar-refractivity contribution in [3.05, 3.63) is 24.2 Å². The molecule has 0 aromatic carbocycles. The number of furan rings is 1. The summed E-state index contributed by atoms with van der Waals surface area (Å²) >= 11 is 0. The molecule has 1 heterocycles. The van der Waals surface area contributed by atoms with Crippen LogP contribution in [0.2, 0.25) is 0 Å². The highest BCUT2D eigenvalue weighted by Gasteiger charge is 2.10. The van der Waals surface area contributed by atoms with Gasteiger partial charge in [0.2, 0.25) is 0 Å². The van der Waals surface area contributed by atoms with Crippen LogP contribution in [0, 0.1) is 0 Å². The van der Waals surface area contributed by atoms with Crippen LogP contribution in [0.4, 0.5) is 0 Å². The molecule has 0 fully saturated rings. The van der Waals surface area contributed by atoms with Crippen LogP contribution >= 0.6 is 0 Å². The molecule has 0 saturated heterocycles. The summed E-state index contributed by atoms with van der Waals surface area (Å²) in [5.41, 5.74) is 0. The van der Waals surface area contributed by atoms with Crippen molar-refractivity contribution in [3.63, 3.8) is 0 Å². The van der Waals surface area contributed by atoms with Crippen molar-refractivity contribution in [1.29, 1.82) is 0 Å². The number of nitrogens with one attached hydrogen (secondary N) is 1.